The predicted molar refractivity (Wildman–Crippen MR) is 53.3 cm³/mol. The number of hydrogen-bond acceptors (Lipinski definition) is 3. The summed E-state index contributed by atoms with van der Waals surface area (Å²) in [5.41, 5.74) is 0.285. The van der Waals surface area contributed by atoms with E-state index in [2.05, 4.69) is 0 Å². The second-order valence-corrected chi connectivity index (χ2v) is 2.92. The second kappa shape index (κ2) is 5.34. The summed E-state index contributed by atoms with van der Waals surface area (Å²) < 4.78 is 23.1. The number of rotatable bonds is 4. The van der Waals surface area contributed by atoms with E-state index in [9.17, 15) is 9.18 Å². The zero-order valence-corrected chi connectivity index (χ0v) is 8.75. The molecule has 0 aliphatic carbocycles. The number of carbonyl (C=O) groups is 1. The van der Waals surface area contributed by atoms with E-state index in [0.717, 1.165) is 0 Å². The van der Waals surface area contributed by atoms with Crippen molar-refractivity contribution in [3.05, 3.63) is 29.6 Å². The van der Waals surface area contributed by atoms with Crippen molar-refractivity contribution in [1.82, 2.24) is 0 Å². The molecule has 0 spiro atoms. The number of hydrogen-bond donors (Lipinski definition) is 0. The number of methoxy groups -OCH3 is 1. The molecule has 0 aliphatic rings. The zero-order chi connectivity index (χ0) is 11.3. The van der Waals surface area contributed by atoms with Crippen molar-refractivity contribution in [2.24, 2.45) is 0 Å². The topological polar surface area (TPSA) is 35.5 Å². The van der Waals surface area contributed by atoms with Crippen molar-refractivity contribution in [1.29, 1.82) is 0 Å². The molecule has 0 heterocycles. The summed E-state index contributed by atoms with van der Waals surface area (Å²) in [7, 11) is 1.38. The number of benzene rings is 1. The molecule has 0 atom stereocenters. The maximum atomic E-state index is 13.5. The largest absolute Gasteiger partial charge is 0.494 e. The van der Waals surface area contributed by atoms with E-state index in [1.807, 2.05) is 0 Å². The Bertz CT molecular complexity index is 350. The molecule has 1 aromatic carbocycles. The number of esters is 1. The molecule has 0 saturated carbocycles. The Hall–Kier alpha value is -1.58. The summed E-state index contributed by atoms with van der Waals surface area (Å²) >= 11 is 0. The Morgan fingerprint density at radius 1 is 1.47 bits per heavy atom. The van der Waals surface area contributed by atoms with Gasteiger partial charge in [-0.05, 0) is 13.0 Å². The average molecular weight is 212 g/mol. The van der Waals surface area contributed by atoms with Gasteiger partial charge in [-0.25, -0.2) is 4.39 Å². The molecule has 0 unspecified atom stereocenters. The standard InChI is InChI=1S/C11H13FO3/c1-3-15-10(13)7-8-5-4-6-9(14-2)11(8)12/h4-6H,3,7H2,1-2H3. The lowest BCUT2D eigenvalue weighted by atomic mass is 10.1. The Labute approximate surface area is 87.8 Å². The summed E-state index contributed by atoms with van der Waals surface area (Å²) in [4.78, 5) is 11.1. The molecule has 0 saturated heterocycles. The van der Waals surface area contributed by atoms with Crippen molar-refractivity contribution in [3.8, 4) is 5.75 Å². The zero-order valence-electron chi connectivity index (χ0n) is 8.75. The van der Waals surface area contributed by atoms with Crippen LogP contribution in [0, 0.1) is 5.82 Å². The molecule has 15 heavy (non-hydrogen) atoms. The molecule has 0 radical (unpaired) electrons. The predicted octanol–water partition coefficient (Wildman–Crippen LogP) is 1.94. The average Bonchev–Trinajstić information content (AvgIpc) is 2.21. The van der Waals surface area contributed by atoms with E-state index in [-0.39, 0.29) is 17.7 Å². The van der Waals surface area contributed by atoms with Crippen LogP contribution >= 0.6 is 0 Å². The summed E-state index contributed by atoms with van der Waals surface area (Å²) in [6.45, 7) is 2.00. The minimum absolute atomic E-state index is 0.0725. The van der Waals surface area contributed by atoms with Gasteiger partial charge in [0.2, 0.25) is 0 Å². The first-order valence-electron chi connectivity index (χ1n) is 4.66. The van der Waals surface area contributed by atoms with Crippen molar-refractivity contribution in [2.75, 3.05) is 13.7 Å². The van der Waals surface area contributed by atoms with E-state index in [1.165, 1.54) is 19.2 Å². The third kappa shape index (κ3) is 2.94. The molecular formula is C11H13FO3. The number of carbonyl (C=O) groups excluding carboxylic acids is 1. The molecule has 3 nitrogen and oxygen atoms in total. The summed E-state index contributed by atoms with van der Waals surface area (Å²) in [5.74, 6) is -0.811. The first-order chi connectivity index (χ1) is 7.19. The highest BCUT2D eigenvalue weighted by molar-refractivity contribution is 5.72. The van der Waals surface area contributed by atoms with Gasteiger partial charge in [-0.2, -0.15) is 0 Å². The first kappa shape index (κ1) is 11.5. The van der Waals surface area contributed by atoms with Crippen LogP contribution in [0.3, 0.4) is 0 Å². The van der Waals surface area contributed by atoms with Gasteiger partial charge in [-0.1, -0.05) is 12.1 Å². The minimum atomic E-state index is -0.506. The molecule has 82 valence electrons. The van der Waals surface area contributed by atoms with Crippen molar-refractivity contribution in [3.63, 3.8) is 0 Å². The van der Waals surface area contributed by atoms with Gasteiger partial charge >= 0.3 is 5.97 Å². The molecule has 0 fully saturated rings. The third-order valence-electron chi connectivity index (χ3n) is 1.90. The van der Waals surface area contributed by atoms with Crippen LogP contribution in [-0.4, -0.2) is 19.7 Å². The maximum absolute atomic E-state index is 13.5. The molecule has 1 rings (SSSR count). The van der Waals surface area contributed by atoms with Crippen LogP contribution in [0.25, 0.3) is 0 Å². The number of halogens is 1. The fraction of sp³-hybridized carbons (Fsp3) is 0.364. The highest BCUT2D eigenvalue weighted by Crippen LogP contribution is 2.20. The highest BCUT2D eigenvalue weighted by atomic mass is 19.1. The molecule has 4 heteroatoms. The molecule has 0 amide bonds. The van der Waals surface area contributed by atoms with Crippen LogP contribution in [0.1, 0.15) is 12.5 Å². The van der Waals surface area contributed by atoms with Gasteiger partial charge in [0.15, 0.2) is 11.6 Å². The van der Waals surface area contributed by atoms with Crippen LogP contribution in [-0.2, 0) is 16.0 Å². The maximum Gasteiger partial charge on any atom is 0.310 e. The smallest absolute Gasteiger partial charge is 0.310 e. The van der Waals surface area contributed by atoms with Gasteiger partial charge in [0.05, 0.1) is 20.1 Å². The van der Waals surface area contributed by atoms with Gasteiger partial charge in [-0.3, -0.25) is 4.79 Å². The van der Waals surface area contributed by atoms with Crippen LogP contribution < -0.4 is 4.74 Å². The molecule has 1 aromatic rings. The monoisotopic (exact) mass is 212 g/mol. The minimum Gasteiger partial charge on any atom is -0.494 e. The Balaban J connectivity index is 2.81. The fourth-order valence-corrected chi connectivity index (χ4v) is 1.22. The van der Waals surface area contributed by atoms with Crippen LogP contribution in [0.4, 0.5) is 4.39 Å². The second-order valence-electron chi connectivity index (χ2n) is 2.92. The van der Waals surface area contributed by atoms with Crippen LogP contribution in [0.2, 0.25) is 0 Å². The van der Waals surface area contributed by atoms with Gasteiger partial charge in [0.25, 0.3) is 0 Å². The van der Waals surface area contributed by atoms with Gasteiger partial charge < -0.3 is 9.47 Å². The molecule has 0 N–H and O–H groups in total. The van der Waals surface area contributed by atoms with Crippen molar-refractivity contribution < 1.29 is 18.7 Å². The summed E-state index contributed by atoms with van der Waals surface area (Å²) in [6.07, 6.45) is -0.0725. The van der Waals surface area contributed by atoms with E-state index >= 15 is 0 Å². The lowest BCUT2D eigenvalue weighted by Gasteiger charge is -2.06. The summed E-state index contributed by atoms with van der Waals surface area (Å²) in [5, 5.41) is 0. The quantitative estimate of drug-likeness (QED) is 0.715. The molecular weight excluding hydrogens is 199 g/mol. The Kier molecular flexibility index (Phi) is 4.09. The highest BCUT2D eigenvalue weighted by Gasteiger charge is 2.12. The van der Waals surface area contributed by atoms with Crippen molar-refractivity contribution in [2.45, 2.75) is 13.3 Å². The van der Waals surface area contributed by atoms with Crippen molar-refractivity contribution >= 4 is 5.97 Å². The third-order valence-corrected chi connectivity index (χ3v) is 1.90. The lowest BCUT2D eigenvalue weighted by Crippen LogP contribution is -2.09. The normalized spacial score (nSPS) is 9.80. The van der Waals surface area contributed by atoms with Crippen LogP contribution in [0.15, 0.2) is 18.2 Å². The Morgan fingerprint density at radius 2 is 2.20 bits per heavy atom. The fourth-order valence-electron chi connectivity index (χ4n) is 1.22. The first-order valence-corrected chi connectivity index (χ1v) is 4.66. The van der Waals surface area contributed by atoms with E-state index in [1.54, 1.807) is 13.0 Å². The molecule has 0 aromatic heterocycles. The van der Waals surface area contributed by atoms with Gasteiger partial charge in [-0.15, -0.1) is 0 Å². The Morgan fingerprint density at radius 3 is 2.80 bits per heavy atom. The molecule has 0 aliphatic heterocycles. The SMILES string of the molecule is CCOC(=O)Cc1cccc(OC)c1F. The number of ether oxygens (including phenoxy) is 2. The summed E-state index contributed by atoms with van der Waals surface area (Å²) in [6, 6.07) is 4.68. The van der Waals surface area contributed by atoms with E-state index in [0.29, 0.717) is 6.61 Å². The van der Waals surface area contributed by atoms with Gasteiger partial charge in [0, 0.05) is 5.56 Å². The molecule has 0 bridgehead atoms. The van der Waals surface area contributed by atoms with Crippen LogP contribution in [0.5, 0.6) is 5.75 Å². The lowest BCUT2D eigenvalue weighted by molar-refractivity contribution is -0.142. The van der Waals surface area contributed by atoms with E-state index < -0.39 is 11.8 Å². The van der Waals surface area contributed by atoms with Gasteiger partial charge in [0.1, 0.15) is 0 Å². The van der Waals surface area contributed by atoms with E-state index in [4.69, 9.17) is 9.47 Å².